The Morgan fingerprint density at radius 2 is 0.989 bits per heavy atom. The number of carboxylic acid groups (broad SMARTS) is 1. The maximum absolute atomic E-state index is 13.0. The Kier molecular flexibility index (Phi) is 19.4. The number of aliphatic hydroxyl groups excluding tert-OH is 7. The Hall–Kier alpha value is -5.56. The molecule has 14 rings (SSSR count). The molecule has 0 unspecified atom stereocenters. The highest BCUT2D eigenvalue weighted by atomic mass is 16.5. The summed E-state index contributed by atoms with van der Waals surface area (Å²) in [6.45, 7) is 22.4. The number of aromatic nitrogens is 8. The van der Waals surface area contributed by atoms with Crippen molar-refractivity contribution in [3.63, 3.8) is 0 Å². The Labute approximate surface area is 556 Å². The molecular formula is C72H108N10O13. The molecule has 0 saturated heterocycles. The van der Waals surface area contributed by atoms with E-state index in [4.69, 9.17) is 21.3 Å². The molecule has 0 aromatic carbocycles. The number of nitrogens with zero attached hydrogens (tertiary/aromatic N) is 6. The standard InChI is InChI=1S/C36H53N5O6.C24H40O4.C12H15N5O3/c1-18(23-6-7-24-21-14-29(44)26-13-20(42)9-11-36(26,4)25(21)10-12-35(23,24)3)5-8-30(45)47-16-22-19(2)27(15-28(22)43)41-17-38-31-32(41)39-34(37)40-33(31)46;1-14(4-7-22(27)28)17-5-6-18-16-13-21(26)20-12-15(25)8-10-24(20,3)19(16)9-11-23(17,18)2;1-5-6(3-18)8(19)2-7(5)17-4-14-9-10(17)15-12(13)16-11(9)20/h17-18,20-29,42-44H,2,5-16H2,1,3-4H3,(H3,37,39,40,46);14-21,25-26H,4-13H2,1-3H3,(H,27,28);4,6-8,18-19H,1-3H2,(H3,13,15,16,20)/t18-,20-,21+,22+,23-,24+,25+,26+,27+,28+,29+,35-,36-;14-,15-,16+,17-,18+,19+,20+,21+,23-,24-;6-,7-,8-/m110/s1. The van der Waals surface area contributed by atoms with Crippen LogP contribution < -0.4 is 22.6 Å². The third kappa shape index (κ3) is 12.3. The number of aromatic amines is 2. The number of fused-ring (bicyclic) bond motifs is 12. The van der Waals surface area contributed by atoms with Crippen LogP contribution in [0.15, 0.2) is 46.5 Å². The van der Waals surface area contributed by atoms with Crippen LogP contribution in [0.4, 0.5) is 11.9 Å². The van der Waals surface area contributed by atoms with Gasteiger partial charge in [-0.25, -0.2) is 9.97 Å². The second kappa shape index (κ2) is 26.6. The lowest BCUT2D eigenvalue weighted by molar-refractivity contribution is -0.172. The van der Waals surface area contributed by atoms with Crippen molar-refractivity contribution >= 4 is 46.2 Å². The van der Waals surface area contributed by atoms with Crippen LogP contribution in [0.25, 0.3) is 22.3 Å². The number of H-pyrrole nitrogens is 2. The average molecular weight is 1320 g/mol. The number of nitrogen functional groups attached to an aromatic ring is 2. The first-order valence-electron chi connectivity index (χ1n) is 35.9. The molecule has 0 spiro atoms. The Morgan fingerprint density at radius 3 is 1.42 bits per heavy atom. The highest BCUT2D eigenvalue weighted by Crippen LogP contribution is 2.70. The van der Waals surface area contributed by atoms with Gasteiger partial charge in [0.2, 0.25) is 11.9 Å². The van der Waals surface area contributed by atoms with Crippen molar-refractivity contribution in [3.8, 4) is 0 Å². The monoisotopic (exact) mass is 1320 g/mol. The van der Waals surface area contributed by atoms with E-state index in [1.807, 2.05) is 0 Å². The van der Waals surface area contributed by atoms with E-state index in [-0.39, 0.29) is 119 Å². The van der Waals surface area contributed by atoms with E-state index >= 15 is 0 Å². The van der Waals surface area contributed by atoms with E-state index in [9.17, 15) is 54.9 Å². The molecule has 10 aliphatic carbocycles. The molecule has 10 saturated carbocycles. The molecule has 95 heavy (non-hydrogen) atoms. The zero-order valence-electron chi connectivity index (χ0n) is 56.7. The number of esters is 1. The average Bonchev–Trinajstić information content (AvgIpc) is 1.71. The second-order valence-corrected chi connectivity index (χ2v) is 32.7. The fourth-order valence-corrected chi connectivity index (χ4v) is 23.3. The first-order valence-corrected chi connectivity index (χ1v) is 35.9. The first-order chi connectivity index (χ1) is 45.0. The molecule has 4 heterocycles. The maximum atomic E-state index is 13.0. The molecule has 0 aliphatic heterocycles. The third-order valence-corrected chi connectivity index (χ3v) is 28.3. The SMILES string of the molecule is C=C1[C@H](CO)[C@@H](O)C[C@@H]1n1cnc2c(=O)[nH]c(N)nc21.C=C1[C@H](COC(=O)CC[C@@H](C)[C@H]2CC[C@H]3[C@@H]4C[C@H](O)[C@@H]5C[C@H](O)CC[C@]5(C)[C@H]4CC[C@]23C)[C@@H](O)C[C@@H]1n1cnc2c(=O)[nH]c(N)nc21.C[C@H](CCC(=O)O)[C@H]1CC[C@H]2[C@@H]3C[C@H](O)[C@@H]4C[C@H](O)CC[C@]4(C)[C@H]3CC[C@]12C. The summed E-state index contributed by atoms with van der Waals surface area (Å²) in [7, 11) is 0. The maximum Gasteiger partial charge on any atom is 0.305 e. The molecule has 4 aromatic rings. The van der Waals surface area contributed by atoms with E-state index < -0.39 is 35.2 Å². The van der Waals surface area contributed by atoms with Crippen molar-refractivity contribution in [2.75, 3.05) is 24.7 Å². The second-order valence-electron chi connectivity index (χ2n) is 32.7. The minimum absolute atomic E-state index is 0.00659. The summed E-state index contributed by atoms with van der Waals surface area (Å²) in [5.74, 6) is 4.42. The predicted octanol–water partition coefficient (Wildman–Crippen LogP) is 7.78. The van der Waals surface area contributed by atoms with Crippen molar-refractivity contribution in [2.24, 2.45) is 105 Å². The largest absolute Gasteiger partial charge is 0.481 e. The molecule has 10 fully saturated rings. The van der Waals surface area contributed by atoms with Gasteiger partial charge in [-0.3, -0.25) is 29.1 Å². The van der Waals surface area contributed by atoms with E-state index in [2.05, 4.69) is 84.6 Å². The Balaban J connectivity index is 0.000000152. The molecule has 0 amide bonds. The van der Waals surface area contributed by atoms with Gasteiger partial charge in [-0.1, -0.05) is 54.7 Å². The highest BCUT2D eigenvalue weighted by Gasteiger charge is 2.64. The van der Waals surface area contributed by atoms with Gasteiger partial charge in [0.05, 0.1) is 68.0 Å². The van der Waals surface area contributed by atoms with Gasteiger partial charge in [-0.2, -0.15) is 9.97 Å². The van der Waals surface area contributed by atoms with Crippen LogP contribution in [0.3, 0.4) is 0 Å². The summed E-state index contributed by atoms with van der Waals surface area (Å²) in [6.07, 6.45) is 20.2. The van der Waals surface area contributed by atoms with Crippen LogP contribution in [0.2, 0.25) is 0 Å². The van der Waals surface area contributed by atoms with Crippen molar-refractivity contribution in [3.05, 3.63) is 57.7 Å². The number of carbonyl (C=O) groups excluding carboxylic acids is 1. The third-order valence-electron chi connectivity index (χ3n) is 28.3. The van der Waals surface area contributed by atoms with Crippen molar-refractivity contribution in [1.82, 2.24) is 39.0 Å². The number of ether oxygens (including phenoxy) is 1. The summed E-state index contributed by atoms with van der Waals surface area (Å²) in [5.41, 5.74) is 13.7. The number of aliphatic hydroxyl groups is 7. The van der Waals surface area contributed by atoms with Crippen LogP contribution in [-0.2, 0) is 14.3 Å². The molecular weight excluding hydrogens is 1210 g/mol. The molecule has 23 nitrogen and oxygen atoms in total. The van der Waals surface area contributed by atoms with Gasteiger partial charge >= 0.3 is 11.9 Å². The lowest BCUT2D eigenvalue weighted by Gasteiger charge is -2.62. The van der Waals surface area contributed by atoms with Gasteiger partial charge in [0, 0.05) is 24.7 Å². The van der Waals surface area contributed by atoms with E-state index in [1.165, 1.54) is 64.0 Å². The number of hydrogen-bond acceptors (Lipinski definition) is 18. The number of carboxylic acids is 1. The predicted molar refractivity (Wildman–Crippen MR) is 357 cm³/mol. The topological polar surface area (TPSA) is 384 Å². The first kappa shape index (κ1) is 69.3. The molecule has 14 N–H and O–H groups in total. The summed E-state index contributed by atoms with van der Waals surface area (Å²) in [6, 6.07) is -0.608. The molecule has 524 valence electrons. The van der Waals surface area contributed by atoms with Crippen molar-refractivity contribution < 1.29 is 55.2 Å². The minimum Gasteiger partial charge on any atom is -0.481 e. The Bertz CT molecular complexity index is 3630. The van der Waals surface area contributed by atoms with Gasteiger partial charge in [-0.15, -0.1) is 0 Å². The molecule has 0 bridgehead atoms. The van der Waals surface area contributed by atoms with Crippen molar-refractivity contribution in [1.29, 1.82) is 0 Å². The summed E-state index contributed by atoms with van der Waals surface area (Å²) in [5, 5.41) is 82.2. The van der Waals surface area contributed by atoms with Crippen LogP contribution in [0, 0.1) is 105 Å². The van der Waals surface area contributed by atoms with Crippen molar-refractivity contribution in [2.45, 2.75) is 232 Å². The lowest BCUT2D eigenvalue weighted by Crippen LogP contribution is -2.58. The highest BCUT2D eigenvalue weighted by molar-refractivity contribution is 5.72. The zero-order chi connectivity index (χ0) is 68.1. The Morgan fingerprint density at radius 1 is 0.579 bits per heavy atom. The number of anilines is 2. The number of nitrogens with two attached hydrogens (primary N) is 2. The van der Waals surface area contributed by atoms with Gasteiger partial charge in [0.25, 0.3) is 11.1 Å². The lowest BCUT2D eigenvalue weighted by atomic mass is 9.43. The van der Waals surface area contributed by atoms with Crippen LogP contribution in [0.5, 0.6) is 0 Å². The smallest absolute Gasteiger partial charge is 0.305 e. The van der Waals surface area contributed by atoms with Gasteiger partial charge in [0.15, 0.2) is 22.3 Å². The van der Waals surface area contributed by atoms with Crippen LogP contribution >= 0.6 is 0 Å². The van der Waals surface area contributed by atoms with Gasteiger partial charge < -0.3 is 66.2 Å². The normalized spacial score (nSPS) is 41.7. The van der Waals surface area contributed by atoms with Crippen LogP contribution in [0.1, 0.15) is 195 Å². The fraction of sp³-hybridized carbons (Fsp3) is 0.778. The van der Waals surface area contributed by atoms with Gasteiger partial charge in [-0.05, 0) is 232 Å². The quantitative estimate of drug-likeness (QED) is 0.0449. The molecule has 26 atom stereocenters. The van der Waals surface area contributed by atoms with E-state index in [1.54, 1.807) is 9.13 Å². The molecule has 4 aromatic heterocycles. The number of aliphatic carboxylic acids is 1. The van der Waals surface area contributed by atoms with E-state index in [0.29, 0.717) is 106 Å². The number of rotatable bonds is 13. The number of nitrogens with one attached hydrogen (secondary N) is 2. The van der Waals surface area contributed by atoms with Crippen LogP contribution in [-0.4, -0.2) is 142 Å². The fourth-order valence-electron chi connectivity index (χ4n) is 23.3. The number of imidazole rings is 2. The molecule has 0 radical (unpaired) electrons. The number of hydrogen-bond donors (Lipinski definition) is 12. The number of carbonyl (C=O) groups is 2. The summed E-state index contributed by atoms with van der Waals surface area (Å²) < 4.78 is 9.12. The zero-order valence-corrected chi connectivity index (χ0v) is 56.7. The summed E-state index contributed by atoms with van der Waals surface area (Å²) >= 11 is 0. The summed E-state index contributed by atoms with van der Waals surface area (Å²) in [4.78, 5) is 69.4. The molecule has 23 heteroatoms. The van der Waals surface area contributed by atoms with Gasteiger partial charge in [0.1, 0.15) is 6.61 Å². The minimum atomic E-state index is -0.754. The molecule has 10 aliphatic rings. The van der Waals surface area contributed by atoms with E-state index in [0.717, 1.165) is 64.2 Å².